The number of nitrogens with two attached hydrogens (primary N) is 1. The molecule has 3 aromatic rings. The summed E-state index contributed by atoms with van der Waals surface area (Å²) in [4.78, 5) is 3.95. The van der Waals surface area contributed by atoms with Crippen LogP contribution in [-0.4, -0.2) is 15.2 Å². The molecule has 0 unspecified atom stereocenters. The molecule has 5 nitrogen and oxygen atoms in total. The van der Waals surface area contributed by atoms with E-state index in [1.165, 1.54) is 0 Å². The van der Waals surface area contributed by atoms with E-state index >= 15 is 0 Å². The van der Waals surface area contributed by atoms with Crippen LogP contribution in [0.15, 0.2) is 36.4 Å². The van der Waals surface area contributed by atoms with E-state index in [0.29, 0.717) is 26.7 Å². The first-order chi connectivity index (χ1) is 10.5. The van der Waals surface area contributed by atoms with E-state index in [-0.39, 0.29) is 5.95 Å². The van der Waals surface area contributed by atoms with Gasteiger partial charge >= 0.3 is 0 Å². The number of anilines is 3. The van der Waals surface area contributed by atoms with Gasteiger partial charge in [-0.2, -0.15) is 4.98 Å². The normalized spacial score (nSPS) is 10.7. The van der Waals surface area contributed by atoms with Crippen LogP contribution in [0.25, 0.3) is 11.1 Å². The van der Waals surface area contributed by atoms with Crippen LogP contribution in [0, 0.1) is 0 Å². The van der Waals surface area contributed by atoms with Gasteiger partial charge in [-0.15, -0.1) is 5.10 Å². The quantitative estimate of drug-likeness (QED) is 0.633. The minimum atomic E-state index is 0.220. The molecule has 0 amide bonds. The second kappa shape index (κ2) is 6.04. The topological polar surface area (TPSA) is 79.6 Å². The van der Waals surface area contributed by atoms with Crippen LogP contribution in [0.1, 0.15) is 0 Å². The molecule has 1 heterocycles. The zero-order chi connectivity index (χ0) is 15.7. The molecule has 0 spiro atoms. The molecule has 0 saturated heterocycles. The number of H-pyrrole nitrogens is 1. The van der Waals surface area contributed by atoms with Gasteiger partial charge in [0.1, 0.15) is 0 Å². The molecular formula is C14H10Cl3N5. The highest BCUT2D eigenvalue weighted by atomic mass is 35.5. The van der Waals surface area contributed by atoms with Gasteiger partial charge < -0.3 is 11.1 Å². The number of rotatable bonds is 3. The van der Waals surface area contributed by atoms with E-state index in [4.69, 9.17) is 40.5 Å². The fraction of sp³-hybridized carbons (Fsp3) is 0. The van der Waals surface area contributed by atoms with Crippen LogP contribution in [0.5, 0.6) is 0 Å². The maximum Gasteiger partial charge on any atom is 0.248 e. The van der Waals surface area contributed by atoms with Crippen molar-refractivity contribution >= 4 is 52.4 Å². The predicted octanol–water partition coefficient (Wildman–Crippen LogP) is 4.76. The smallest absolute Gasteiger partial charge is 0.248 e. The van der Waals surface area contributed by atoms with Crippen molar-refractivity contribution in [3.05, 3.63) is 51.5 Å². The van der Waals surface area contributed by atoms with Crippen LogP contribution in [0.3, 0.4) is 0 Å². The lowest BCUT2D eigenvalue weighted by molar-refractivity contribution is 1.10. The monoisotopic (exact) mass is 353 g/mol. The molecule has 112 valence electrons. The van der Waals surface area contributed by atoms with Gasteiger partial charge in [0, 0.05) is 16.3 Å². The molecule has 8 heteroatoms. The number of benzene rings is 2. The van der Waals surface area contributed by atoms with Crippen LogP contribution in [-0.2, 0) is 0 Å². The molecule has 2 aromatic carbocycles. The molecule has 1 aromatic heterocycles. The lowest BCUT2D eigenvalue weighted by atomic mass is 10.1. The van der Waals surface area contributed by atoms with Gasteiger partial charge in [0.05, 0.1) is 10.0 Å². The largest absolute Gasteiger partial charge is 0.368 e. The Morgan fingerprint density at radius 2 is 1.64 bits per heavy atom. The fourth-order valence-electron chi connectivity index (χ4n) is 2.00. The Balaban J connectivity index is 1.95. The zero-order valence-electron chi connectivity index (χ0n) is 11.1. The standard InChI is InChI=1S/C14H10Cl3N5/c15-8-3-1-7(2-4-8)12-10(16)5-9(6-11(12)17)19-14-20-13(18)21-22-14/h1-6H,(H4,18,19,20,21,22). The van der Waals surface area contributed by atoms with Crippen molar-refractivity contribution in [2.24, 2.45) is 0 Å². The molecule has 0 aliphatic rings. The third-order valence-electron chi connectivity index (χ3n) is 2.93. The Morgan fingerprint density at radius 3 is 2.18 bits per heavy atom. The van der Waals surface area contributed by atoms with E-state index < -0.39 is 0 Å². The number of hydrogen-bond donors (Lipinski definition) is 3. The summed E-state index contributed by atoms with van der Waals surface area (Å²) in [5, 5.41) is 11.0. The lowest BCUT2D eigenvalue weighted by Gasteiger charge is -2.10. The first-order valence-electron chi connectivity index (χ1n) is 6.23. The highest BCUT2D eigenvalue weighted by Crippen LogP contribution is 2.38. The third-order valence-corrected chi connectivity index (χ3v) is 3.78. The summed E-state index contributed by atoms with van der Waals surface area (Å²) >= 11 is 18.6. The summed E-state index contributed by atoms with van der Waals surface area (Å²) in [6.07, 6.45) is 0. The minimum Gasteiger partial charge on any atom is -0.368 e. The zero-order valence-corrected chi connectivity index (χ0v) is 13.3. The van der Waals surface area contributed by atoms with Crippen molar-refractivity contribution in [2.45, 2.75) is 0 Å². The molecule has 0 aliphatic carbocycles. The molecule has 0 fully saturated rings. The van der Waals surface area contributed by atoms with Crippen molar-refractivity contribution in [1.82, 2.24) is 15.2 Å². The lowest BCUT2D eigenvalue weighted by Crippen LogP contribution is -1.94. The summed E-state index contributed by atoms with van der Waals surface area (Å²) in [7, 11) is 0. The van der Waals surface area contributed by atoms with Crippen molar-refractivity contribution in [3.63, 3.8) is 0 Å². The summed E-state index contributed by atoms with van der Waals surface area (Å²) in [6.45, 7) is 0. The molecule has 3 rings (SSSR count). The molecule has 0 atom stereocenters. The Bertz CT molecular complexity index is 791. The van der Waals surface area contributed by atoms with Crippen molar-refractivity contribution in [3.8, 4) is 11.1 Å². The van der Waals surface area contributed by atoms with Gasteiger partial charge in [0.25, 0.3) is 0 Å². The van der Waals surface area contributed by atoms with Gasteiger partial charge in [-0.05, 0) is 29.8 Å². The van der Waals surface area contributed by atoms with Crippen molar-refractivity contribution in [2.75, 3.05) is 11.1 Å². The Hall–Kier alpha value is -1.95. The number of aromatic amines is 1. The summed E-state index contributed by atoms with van der Waals surface area (Å²) < 4.78 is 0. The number of halogens is 3. The summed E-state index contributed by atoms with van der Waals surface area (Å²) in [6, 6.07) is 10.8. The highest BCUT2D eigenvalue weighted by Gasteiger charge is 2.12. The van der Waals surface area contributed by atoms with Crippen molar-refractivity contribution in [1.29, 1.82) is 0 Å². The van der Waals surface area contributed by atoms with Crippen LogP contribution in [0.2, 0.25) is 15.1 Å². The molecule has 0 radical (unpaired) electrons. The third kappa shape index (κ3) is 3.11. The maximum atomic E-state index is 6.35. The predicted molar refractivity (Wildman–Crippen MR) is 91.0 cm³/mol. The first-order valence-corrected chi connectivity index (χ1v) is 7.36. The number of nitrogens with zero attached hydrogens (tertiary/aromatic N) is 2. The van der Waals surface area contributed by atoms with Crippen LogP contribution >= 0.6 is 34.8 Å². The molecule has 0 bridgehead atoms. The molecule has 0 aliphatic heterocycles. The number of nitrogen functional groups attached to an aromatic ring is 1. The fourth-order valence-corrected chi connectivity index (χ4v) is 2.83. The average Bonchev–Trinajstić information content (AvgIpc) is 2.85. The molecule has 0 saturated carbocycles. The van der Waals surface area contributed by atoms with Crippen LogP contribution in [0.4, 0.5) is 17.6 Å². The Kier molecular flexibility index (Phi) is 4.11. The molecular weight excluding hydrogens is 345 g/mol. The van der Waals surface area contributed by atoms with E-state index in [9.17, 15) is 0 Å². The van der Waals surface area contributed by atoms with E-state index in [0.717, 1.165) is 11.1 Å². The van der Waals surface area contributed by atoms with Gasteiger partial charge in [0.2, 0.25) is 11.9 Å². The van der Waals surface area contributed by atoms with Gasteiger partial charge in [-0.25, -0.2) is 5.10 Å². The number of nitrogens with one attached hydrogen (secondary N) is 2. The Labute approximate surface area is 141 Å². The molecule has 4 N–H and O–H groups in total. The number of aromatic nitrogens is 3. The minimum absolute atomic E-state index is 0.220. The van der Waals surface area contributed by atoms with Gasteiger partial charge in [-0.1, -0.05) is 46.9 Å². The van der Waals surface area contributed by atoms with E-state index in [2.05, 4.69) is 20.5 Å². The summed E-state index contributed by atoms with van der Waals surface area (Å²) in [5.74, 6) is 0.557. The Morgan fingerprint density at radius 1 is 1.00 bits per heavy atom. The second-order valence-corrected chi connectivity index (χ2v) is 5.74. The first kappa shape index (κ1) is 15.0. The van der Waals surface area contributed by atoms with Gasteiger partial charge in [-0.3, -0.25) is 0 Å². The number of hydrogen-bond acceptors (Lipinski definition) is 4. The van der Waals surface area contributed by atoms with Crippen molar-refractivity contribution < 1.29 is 0 Å². The maximum absolute atomic E-state index is 6.35. The van der Waals surface area contributed by atoms with E-state index in [1.807, 2.05) is 12.1 Å². The second-order valence-electron chi connectivity index (χ2n) is 4.49. The highest BCUT2D eigenvalue weighted by molar-refractivity contribution is 6.39. The average molecular weight is 355 g/mol. The SMILES string of the molecule is Nc1nc(Nc2cc(Cl)c(-c3ccc(Cl)cc3)c(Cl)c2)n[nH]1. The van der Waals surface area contributed by atoms with E-state index in [1.54, 1.807) is 24.3 Å². The summed E-state index contributed by atoms with van der Waals surface area (Å²) in [5.41, 5.74) is 7.75. The molecule has 22 heavy (non-hydrogen) atoms. The van der Waals surface area contributed by atoms with Crippen LogP contribution < -0.4 is 11.1 Å². The van der Waals surface area contributed by atoms with Gasteiger partial charge in [0.15, 0.2) is 0 Å².